The summed E-state index contributed by atoms with van der Waals surface area (Å²) in [6, 6.07) is 0. The minimum absolute atomic E-state index is 0.518. The SMILES string of the molecule is OCc1ncc(F)c(CF)c1OC(F)(F)F. The molecule has 90 valence electrons. The molecule has 1 heterocycles. The van der Waals surface area contributed by atoms with Gasteiger partial charge in [0.15, 0.2) is 11.6 Å². The smallest absolute Gasteiger partial charge is 0.403 e. The average molecular weight is 243 g/mol. The van der Waals surface area contributed by atoms with E-state index in [1.807, 2.05) is 0 Å². The first-order chi connectivity index (χ1) is 7.39. The van der Waals surface area contributed by atoms with Crippen LogP contribution in [-0.4, -0.2) is 16.5 Å². The Bertz CT molecular complexity index is 379. The molecular formula is C8H6F5NO2. The van der Waals surface area contributed by atoms with Crippen LogP contribution >= 0.6 is 0 Å². The first kappa shape index (κ1) is 12.6. The second kappa shape index (κ2) is 4.60. The molecule has 3 nitrogen and oxygen atoms in total. The summed E-state index contributed by atoms with van der Waals surface area (Å²) in [6.45, 7) is -2.41. The quantitative estimate of drug-likeness (QED) is 0.826. The minimum atomic E-state index is -5.11. The van der Waals surface area contributed by atoms with E-state index in [1.165, 1.54) is 0 Å². The van der Waals surface area contributed by atoms with Crippen molar-refractivity contribution in [2.45, 2.75) is 19.6 Å². The van der Waals surface area contributed by atoms with Crippen LogP contribution < -0.4 is 4.74 Å². The summed E-state index contributed by atoms with van der Waals surface area (Å²) in [5.41, 5.74) is -1.50. The van der Waals surface area contributed by atoms with E-state index in [1.54, 1.807) is 0 Å². The molecule has 0 atom stereocenters. The fourth-order valence-corrected chi connectivity index (χ4v) is 1.03. The molecule has 0 spiro atoms. The molecule has 0 aliphatic carbocycles. The van der Waals surface area contributed by atoms with Gasteiger partial charge in [-0.05, 0) is 0 Å². The summed E-state index contributed by atoms with van der Waals surface area (Å²) in [4.78, 5) is 3.17. The topological polar surface area (TPSA) is 42.4 Å². The molecule has 1 N–H and O–H groups in total. The molecule has 0 amide bonds. The van der Waals surface area contributed by atoms with E-state index in [0.717, 1.165) is 0 Å². The zero-order valence-corrected chi connectivity index (χ0v) is 7.68. The Kier molecular flexibility index (Phi) is 3.63. The number of halogens is 5. The largest absolute Gasteiger partial charge is 0.573 e. The number of hydrogen-bond acceptors (Lipinski definition) is 3. The van der Waals surface area contributed by atoms with E-state index in [4.69, 9.17) is 5.11 Å². The molecule has 0 saturated carbocycles. The lowest BCUT2D eigenvalue weighted by molar-refractivity contribution is -0.275. The van der Waals surface area contributed by atoms with Crippen LogP contribution in [0.3, 0.4) is 0 Å². The van der Waals surface area contributed by atoms with Crippen LogP contribution in [0.15, 0.2) is 6.20 Å². The van der Waals surface area contributed by atoms with Crippen LogP contribution in [0.5, 0.6) is 5.75 Å². The van der Waals surface area contributed by atoms with Gasteiger partial charge >= 0.3 is 6.36 Å². The van der Waals surface area contributed by atoms with E-state index < -0.39 is 42.5 Å². The van der Waals surface area contributed by atoms with Crippen molar-refractivity contribution in [1.29, 1.82) is 0 Å². The van der Waals surface area contributed by atoms with Gasteiger partial charge in [-0.3, -0.25) is 4.98 Å². The molecule has 0 aliphatic heterocycles. The van der Waals surface area contributed by atoms with Gasteiger partial charge in [0.05, 0.1) is 18.4 Å². The second-order valence-corrected chi connectivity index (χ2v) is 2.70. The summed E-state index contributed by atoms with van der Waals surface area (Å²) >= 11 is 0. The molecule has 8 heteroatoms. The first-order valence-corrected chi connectivity index (χ1v) is 3.98. The Labute approximate surface area is 86.5 Å². The molecule has 1 aromatic heterocycles. The number of alkyl halides is 4. The first-order valence-electron chi connectivity index (χ1n) is 3.98. The van der Waals surface area contributed by atoms with E-state index in [0.29, 0.717) is 6.20 Å². The molecule has 0 aromatic carbocycles. The maximum atomic E-state index is 12.9. The van der Waals surface area contributed by atoms with E-state index in [9.17, 15) is 22.0 Å². The molecule has 16 heavy (non-hydrogen) atoms. The van der Waals surface area contributed by atoms with E-state index >= 15 is 0 Å². The zero-order valence-electron chi connectivity index (χ0n) is 7.68. The molecule has 1 aromatic rings. The lowest BCUT2D eigenvalue weighted by atomic mass is 10.2. The second-order valence-electron chi connectivity index (χ2n) is 2.70. The summed E-state index contributed by atoms with van der Waals surface area (Å²) in [5, 5.41) is 8.67. The normalized spacial score (nSPS) is 11.6. The molecule has 0 unspecified atom stereocenters. The number of aromatic nitrogens is 1. The number of ether oxygens (including phenoxy) is 1. The lowest BCUT2D eigenvalue weighted by Crippen LogP contribution is -2.20. The van der Waals surface area contributed by atoms with Crippen LogP contribution in [-0.2, 0) is 13.3 Å². The van der Waals surface area contributed by atoms with Crippen LogP contribution in [0.4, 0.5) is 22.0 Å². The Morgan fingerprint density at radius 3 is 2.44 bits per heavy atom. The maximum Gasteiger partial charge on any atom is 0.573 e. The van der Waals surface area contributed by atoms with Gasteiger partial charge in [-0.2, -0.15) is 0 Å². The van der Waals surface area contributed by atoms with Gasteiger partial charge in [-0.1, -0.05) is 0 Å². The Hall–Kier alpha value is -1.44. The molecule has 0 aliphatic rings. The van der Waals surface area contributed by atoms with Gasteiger partial charge in [0.25, 0.3) is 0 Å². The van der Waals surface area contributed by atoms with Crippen molar-refractivity contribution >= 4 is 0 Å². The van der Waals surface area contributed by atoms with Gasteiger partial charge in [0.2, 0.25) is 0 Å². The Balaban J connectivity index is 3.25. The fourth-order valence-electron chi connectivity index (χ4n) is 1.03. The number of aliphatic hydroxyl groups excluding tert-OH is 1. The molecule has 0 saturated heterocycles. The Morgan fingerprint density at radius 2 is 2.00 bits per heavy atom. The van der Waals surface area contributed by atoms with E-state index in [2.05, 4.69) is 9.72 Å². The number of hydrogen-bond donors (Lipinski definition) is 1. The molecule has 0 radical (unpaired) electrons. The third-order valence-electron chi connectivity index (χ3n) is 1.66. The van der Waals surface area contributed by atoms with Crippen molar-refractivity contribution in [1.82, 2.24) is 4.98 Å². The minimum Gasteiger partial charge on any atom is -0.403 e. The number of nitrogens with zero attached hydrogens (tertiary/aromatic N) is 1. The van der Waals surface area contributed by atoms with Crippen molar-refractivity contribution in [3.63, 3.8) is 0 Å². The third kappa shape index (κ3) is 2.78. The average Bonchev–Trinajstić information content (AvgIpc) is 2.16. The molecule has 0 bridgehead atoms. The highest BCUT2D eigenvalue weighted by molar-refractivity contribution is 5.37. The highest BCUT2D eigenvalue weighted by atomic mass is 19.4. The van der Waals surface area contributed by atoms with Crippen LogP contribution in [0, 0.1) is 5.82 Å². The lowest BCUT2D eigenvalue weighted by Gasteiger charge is -2.14. The summed E-state index contributed by atoms with van der Waals surface area (Å²) in [5.74, 6) is -2.39. The third-order valence-corrected chi connectivity index (χ3v) is 1.66. The van der Waals surface area contributed by atoms with Crippen molar-refractivity contribution in [2.75, 3.05) is 0 Å². The summed E-state index contributed by atoms with van der Waals surface area (Å²) in [7, 11) is 0. The van der Waals surface area contributed by atoms with Crippen LogP contribution in [0.1, 0.15) is 11.3 Å². The van der Waals surface area contributed by atoms with Gasteiger partial charge in [-0.15, -0.1) is 13.2 Å². The number of rotatable bonds is 3. The predicted octanol–water partition coefficient (Wildman–Crippen LogP) is 2.08. The van der Waals surface area contributed by atoms with E-state index in [-0.39, 0.29) is 0 Å². The van der Waals surface area contributed by atoms with Gasteiger partial charge in [-0.25, -0.2) is 8.78 Å². The van der Waals surface area contributed by atoms with Crippen molar-refractivity contribution < 1.29 is 31.8 Å². The highest BCUT2D eigenvalue weighted by Crippen LogP contribution is 2.31. The van der Waals surface area contributed by atoms with Gasteiger partial charge in [0.1, 0.15) is 12.4 Å². The van der Waals surface area contributed by atoms with Crippen molar-refractivity contribution in [3.8, 4) is 5.75 Å². The fraction of sp³-hybridized carbons (Fsp3) is 0.375. The van der Waals surface area contributed by atoms with Crippen molar-refractivity contribution in [3.05, 3.63) is 23.3 Å². The molecular weight excluding hydrogens is 237 g/mol. The van der Waals surface area contributed by atoms with Crippen molar-refractivity contribution in [2.24, 2.45) is 0 Å². The standard InChI is InChI=1S/C8H6F5NO2/c9-1-4-5(10)2-14-6(3-15)7(4)16-8(11,12)13/h2,15H,1,3H2. The summed E-state index contributed by atoms with van der Waals surface area (Å²) < 4.78 is 64.5. The number of aliphatic hydroxyl groups is 1. The monoisotopic (exact) mass is 243 g/mol. The van der Waals surface area contributed by atoms with Crippen LogP contribution in [0.25, 0.3) is 0 Å². The van der Waals surface area contributed by atoms with Crippen LogP contribution in [0.2, 0.25) is 0 Å². The van der Waals surface area contributed by atoms with Gasteiger partial charge < -0.3 is 9.84 Å². The summed E-state index contributed by atoms with van der Waals surface area (Å²) in [6.07, 6.45) is -4.59. The predicted molar refractivity (Wildman–Crippen MR) is 41.6 cm³/mol. The Morgan fingerprint density at radius 1 is 1.38 bits per heavy atom. The molecule has 0 fully saturated rings. The van der Waals surface area contributed by atoms with Gasteiger partial charge in [0, 0.05) is 0 Å². The maximum absolute atomic E-state index is 12.9. The molecule has 1 rings (SSSR count). The highest BCUT2D eigenvalue weighted by Gasteiger charge is 2.34. The number of pyridine rings is 1. The zero-order chi connectivity index (χ0) is 12.3.